The van der Waals surface area contributed by atoms with E-state index in [2.05, 4.69) is 28.8 Å². The first-order valence-corrected chi connectivity index (χ1v) is 5.23. The van der Waals surface area contributed by atoms with E-state index in [1.165, 1.54) is 11.3 Å². The lowest BCUT2D eigenvalue weighted by Crippen LogP contribution is -2.17. The quantitative estimate of drug-likeness (QED) is 0.810. The average molecular weight is 200 g/mol. The smallest absolute Gasteiger partial charge is 0.0449 e. The van der Waals surface area contributed by atoms with E-state index in [-0.39, 0.29) is 6.04 Å². The number of nitrogens with two attached hydrogens (primary N) is 1. The molecule has 15 heavy (non-hydrogen) atoms. The molecule has 0 aliphatic heterocycles. The molecule has 0 aliphatic carbocycles. The number of aromatic nitrogens is 1. The zero-order valence-corrected chi connectivity index (χ0v) is 8.93. The number of hydrogen-bond acceptors (Lipinski definition) is 1. The van der Waals surface area contributed by atoms with Gasteiger partial charge < -0.3 is 10.3 Å². The largest absolute Gasteiger partial charge is 0.328 e. The Morgan fingerprint density at radius 3 is 2.27 bits per heavy atom. The molecule has 1 aromatic carbocycles. The topological polar surface area (TPSA) is 30.9 Å². The first-order valence-electron chi connectivity index (χ1n) is 5.23. The Balaban J connectivity index is 2.17. The molecule has 2 nitrogen and oxygen atoms in total. The predicted octanol–water partition coefficient (Wildman–Crippen LogP) is 2.37. The van der Waals surface area contributed by atoms with Crippen molar-refractivity contribution >= 4 is 0 Å². The fourth-order valence-corrected chi connectivity index (χ4v) is 1.68. The van der Waals surface area contributed by atoms with Crippen LogP contribution in [0, 0.1) is 0 Å². The van der Waals surface area contributed by atoms with Gasteiger partial charge >= 0.3 is 0 Å². The molecule has 1 heterocycles. The fraction of sp³-hybridized carbons (Fsp3) is 0.231. The molecule has 1 aromatic heterocycles. The lowest BCUT2D eigenvalue weighted by atomic mass is 10.1. The lowest BCUT2D eigenvalue weighted by molar-refractivity contribution is 0.738. The molecule has 78 valence electrons. The maximum Gasteiger partial charge on any atom is 0.0449 e. The number of hydrogen-bond donors (Lipinski definition) is 1. The van der Waals surface area contributed by atoms with Gasteiger partial charge in [-0.2, -0.15) is 0 Å². The minimum absolute atomic E-state index is 0.224. The van der Waals surface area contributed by atoms with Crippen LogP contribution in [-0.2, 0) is 6.42 Å². The molecule has 0 spiro atoms. The third-order valence-electron chi connectivity index (χ3n) is 2.40. The second-order valence-electron chi connectivity index (χ2n) is 3.94. The van der Waals surface area contributed by atoms with Crippen LogP contribution in [0.3, 0.4) is 0 Å². The molecule has 0 saturated heterocycles. The summed E-state index contributed by atoms with van der Waals surface area (Å²) >= 11 is 0. The third kappa shape index (κ3) is 2.48. The molecule has 2 aromatic rings. The van der Waals surface area contributed by atoms with E-state index in [1.54, 1.807) is 0 Å². The summed E-state index contributed by atoms with van der Waals surface area (Å²) in [6, 6.07) is 12.8. The molecule has 1 atom stereocenters. The summed E-state index contributed by atoms with van der Waals surface area (Å²) in [7, 11) is 0. The van der Waals surface area contributed by atoms with Gasteiger partial charge in [-0.25, -0.2) is 0 Å². The summed E-state index contributed by atoms with van der Waals surface area (Å²) < 4.78 is 2.09. The molecule has 2 N–H and O–H groups in total. The van der Waals surface area contributed by atoms with E-state index >= 15 is 0 Å². The Morgan fingerprint density at radius 1 is 1.13 bits per heavy atom. The normalized spacial score (nSPS) is 12.7. The van der Waals surface area contributed by atoms with Crippen molar-refractivity contribution in [3.63, 3.8) is 0 Å². The second-order valence-corrected chi connectivity index (χ2v) is 3.94. The summed E-state index contributed by atoms with van der Waals surface area (Å²) in [4.78, 5) is 0. The van der Waals surface area contributed by atoms with Crippen molar-refractivity contribution in [2.24, 2.45) is 5.73 Å². The molecule has 0 saturated carbocycles. The number of rotatable bonds is 3. The number of nitrogens with zero attached hydrogens (tertiary/aromatic N) is 1. The maximum absolute atomic E-state index is 5.75. The maximum atomic E-state index is 5.75. The highest BCUT2D eigenvalue weighted by Crippen LogP contribution is 2.10. The van der Waals surface area contributed by atoms with Crippen LogP contribution in [0.4, 0.5) is 0 Å². The van der Waals surface area contributed by atoms with Crippen LogP contribution in [0.5, 0.6) is 0 Å². The molecular formula is C13H16N2. The summed E-state index contributed by atoms with van der Waals surface area (Å²) in [6.07, 6.45) is 5.02. The molecule has 0 fully saturated rings. The van der Waals surface area contributed by atoms with E-state index < -0.39 is 0 Å². The van der Waals surface area contributed by atoms with Crippen LogP contribution < -0.4 is 5.73 Å². The van der Waals surface area contributed by atoms with E-state index in [4.69, 9.17) is 5.73 Å². The Morgan fingerprint density at radius 2 is 1.73 bits per heavy atom. The number of benzene rings is 1. The first kappa shape index (κ1) is 9.99. The van der Waals surface area contributed by atoms with Gasteiger partial charge in [0.2, 0.25) is 0 Å². The van der Waals surface area contributed by atoms with Crippen LogP contribution in [0.2, 0.25) is 0 Å². The van der Waals surface area contributed by atoms with Crippen molar-refractivity contribution in [1.82, 2.24) is 4.57 Å². The van der Waals surface area contributed by atoms with Gasteiger partial charge in [-0.15, -0.1) is 0 Å². The molecule has 0 amide bonds. The van der Waals surface area contributed by atoms with Gasteiger partial charge in [0.1, 0.15) is 0 Å². The van der Waals surface area contributed by atoms with Crippen LogP contribution in [0.25, 0.3) is 5.69 Å². The second kappa shape index (κ2) is 4.32. The van der Waals surface area contributed by atoms with Crippen LogP contribution in [0.15, 0.2) is 48.8 Å². The summed E-state index contributed by atoms with van der Waals surface area (Å²) in [5.74, 6) is 0. The molecule has 0 bridgehead atoms. The fourth-order valence-electron chi connectivity index (χ4n) is 1.68. The first-order chi connectivity index (χ1) is 7.25. The van der Waals surface area contributed by atoms with Crippen molar-refractivity contribution in [2.45, 2.75) is 19.4 Å². The Labute approximate surface area is 90.3 Å². The monoisotopic (exact) mass is 200 g/mol. The zero-order valence-electron chi connectivity index (χ0n) is 8.93. The summed E-state index contributed by atoms with van der Waals surface area (Å²) in [5.41, 5.74) is 8.23. The van der Waals surface area contributed by atoms with Crippen LogP contribution in [-0.4, -0.2) is 10.6 Å². The SMILES string of the molecule is CC(N)Cc1ccc(-n2cccc2)cc1. The van der Waals surface area contributed by atoms with Crippen molar-refractivity contribution in [3.8, 4) is 5.69 Å². The van der Waals surface area contributed by atoms with E-state index in [1.807, 2.05) is 31.5 Å². The highest BCUT2D eigenvalue weighted by Gasteiger charge is 1.98. The van der Waals surface area contributed by atoms with E-state index in [0.717, 1.165) is 6.42 Å². The lowest BCUT2D eigenvalue weighted by Gasteiger charge is -2.07. The van der Waals surface area contributed by atoms with Gasteiger partial charge in [-0.1, -0.05) is 12.1 Å². The summed E-state index contributed by atoms with van der Waals surface area (Å²) in [5, 5.41) is 0. The minimum atomic E-state index is 0.224. The standard InChI is InChI=1S/C13H16N2/c1-11(14)10-12-4-6-13(7-5-12)15-8-2-3-9-15/h2-9,11H,10,14H2,1H3. The van der Waals surface area contributed by atoms with E-state index in [9.17, 15) is 0 Å². The highest BCUT2D eigenvalue weighted by molar-refractivity contribution is 5.35. The average Bonchev–Trinajstić information content (AvgIpc) is 2.71. The van der Waals surface area contributed by atoms with Crippen molar-refractivity contribution in [3.05, 3.63) is 54.4 Å². The Bertz CT molecular complexity index is 399. The Hall–Kier alpha value is -1.54. The Kier molecular flexibility index (Phi) is 2.88. The zero-order chi connectivity index (χ0) is 10.7. The highest BCUT2D eigenvalue weighted by atomic mass is 14.9. The van der Waals surface area contributed by atoms with Crippen LogP contribution >= 0.6 is 0 Å². The van der Waals surface area contributed by atoms with Crippen molar-refractivity contribution in [2.75, 3.05) is 0 Å². The van der Waals surface area contributed by atoms with Gasteiger partial charge in [0.25, 0.3) is 0 Å². The van der Waals surface area contributed by atoms with Gasteiger partial charge in [-0.05, 0) is 43.2 Å². The molecule has 1 unspecified atom stereocenters. The van der Waals surface area contributed by atoms with Gasteiger partial charge in [-0.3, -0.25) is 0 Å². The molecule has 0 radical (unpaired) electrons. The van der Waals surface area contributed by atoms with Gasteiger partial charge in [0.05, 0.1) is 0 Å². The van der Waals surface area contributed by atoms with Crippen molar-refractivity contribution < 1.29 is 0 Å². The van der Waals surface area contributed by atoms with Crippen LogP contribution in [0.1, 0.15) is 12.5 Å². The van der Waals surface area contributed by atoms with E-state index in [0.29, 0.717) is 0 Å². The third-order valence-corrected chi connectivity index (χ3v) is 2.40. The summed E-state index contributed by atoms with van der Waals surface area (Å²) in [6.45, 7) is 2.03. The molecule has 2 heteroatoms. The predicted molar refractivity (Wildman–Crippen MR) is 63.1 cm³/mol. The van der Waals surface area contributed by atoms with Gasteiger partial charge in [0, 0.05) is 24.1 Å². The van der Waals surface area contributed by atoms with Crippen molar-refractivity contribution in [1.29, 1.82) is 0 Å². The molecular weight excluding hydrogens is 184 g/mol. The van der Waals surface area contributed by atoms with Gasteiger partial charge in [0.15, 0.2) is 0 Å². The molecule has 2 rings (SSSR count). The minimum Gasteiger partial charge on any atom is -0.328 e. The molecule has 0 aliphatic rings.